The van der Waals surface area contributed by atoms with Crippen LogP contribution in [0, 0.1) is 11.3 Å². The molecule has 3 aromatic carbocycles. The Labute approximate surface area is 184 Å². The first-order valence-electron chi connectivity index (χ1n) is 10.3. The Kier molecular flexibility index (Phi) is 4.15. The second-order valence-corrected chi connectivity index (χ2v) is 7.54. The lowest BCUT2D eigenvalue weighted by Crippen LogP contribution is -1.98. The van der Waals surface area contributed by atoms with Crippen LogP contribution in [0.3, 0.4) is 0 Å². The summed E-state index contributed by atoms with van der Waals surface area (Å²) in [6.45, 7) is 0.242. The van der Waals surface area contributed by atoms with Crippen LogP contribution in [0.1, 0.15) is 16.7 Å². The Bertz CT molecular complexity index is 1560. The first-order valence-corrected chi connectivity index (χ1v) is 10.3. The number of imidazole rings is 1. The Morgan fingerprint density at radius 2 is 1.69 bits per heavy atom. The van der Waals surface area contributed by atoms with Crippen LogP contribution in [-0.2, 0) is 0 Å². The minimum absolute atomic E-state index is 0.242. The fraction of sp³-hybridized carbons (Fsp3) is 0.0370. The fourth-order valence-corrected chi connectivity index (χ4v) is 4.12. The zero-order chi connectivity index (χ0) is 21.5. The highest BCUT2D eigenvalue weighted by Crippen LogP contribution is 2.34. The quantitative estimate of drug-likeness (QED) is 0.367. The highest BCUT2D eigenvalue weighted by molar-refractivity contribution is 5.89. The second kappa shape index (κ2) is 7.29. The van der Waals surface area contributed by atoms with Crippen molar-refractivity contribution in [2.45, 2.75) is 0 Å². The lowest BCUT2D eigenvalue weighted by molar-refractivity contribution is 0.174. The average Bonchev–Trinajstić information content (AvgIpc) is 3.47. The van der Waals surface area contributed by atoms with Crippen LogP contribution in [0.5, 0.6) is 11.5 Å². The molecule has 0 fully saturated rings. The molecule has 2 aromatic heterocycles. The van der Waals surface area contributed by atoms with Crippen LogP contribution in [-0.4, -0.2) is 16.2 Å². The third kappa shape index (κ3) is 2.90. The maximum Gasteiger partial charge on any atom is 0.231 e. The number of rotatable bonds is 3. The number of hydrogen-bond donors (Lipinski definition) is 0. The van der Waals surface area contributed by atoms with Gasteiger partial charge >= 0.3 is 0 Å². The van der Waals surface area contributed by atoms with Gasteiger partial charge in [-0.3, -0.25) is 4.40 Å². The summed E-state index contributed by atoms with van der Waals surface area (Å²) in [6, 6.07) is 28.4. The van der Waals surface area contributed by atoms with Crippen molar-refractivity contribution in [2.75, 3.05) is 6.79 Å². The number of hydrogen-bond acceptors (Lipinski definition) is 4. The van der Waals surface area contributed by atoms with Crippen LogP contribution in [0.15, 0.2) is 78.9 Å². The topological polar surface area (TPSA) is 59.5 Å². The normalized spacial score (nSPS) is 12.6. The molecule has 6 rings (SSSR count). The summed E-state index contributed by atoms with van der Waals surface area (Å²) < 4.78 is 12.9. The van der Waals surface area contributed by atoms with Crippen molar-refractivity contribution in [2.24, 2.45) is 0 Å². The van der Waals surface area contributed by atoms with Gasteiger partial charge in [-0.15, -0.1) is 0 Å². The number of fused-ring (bicyclic) bond motifs is 4. The summed E-state index contributed by atoms with van der Waals surface area (Å²) in [5.41, 5.74) is 6.85. The monoisotopic (exact) mass is 415 g/mol. The van der Waals surface area contributed by atoms with Gasteiger partial charge in [0.1, 0.15) is 11.6 Å². The molecular formula is C27H17N3O2. The molecule has 0 N–H and O–H groups in total. The number of nitrogens with zero attached hydrogens (tertiary/aromatic N) is 3. The van der Waals surface area contributed by atoms with Crippen LogP contribution in [0.4, 0.5) is 0 Å². The molecule has 0 spiro atoms. The van der Waals surface area contributed by atoms with E-state index in [1.54, 1.807) is 0 Å². The smallest absolute Gasteiger partial charge is 0.231 e. The van der Waals surface area contributed by atoms with Crippen molar-refractivity contribution < 1.29 is 9.47 Å². The fourth-order valence-electron chi connectivity index (χ4n) is 4.12. The van der Waals surface area contributed by atoms with Crippen LogP contribution in [0.25, 0.3) is 40.1 Å². The standard InChI is InChI=1S/C27H17N3O2/c28-16-21-20(12-10-18-11-13-25-26(14-18)32-17-31-25)15-24(19-6-2-1-3-7-19)30-23-9-5-4-8-22(23)29-27(21)30/h1-15H,17H2. The van der Waals surface area contributed by atoms with E-state index in [0.29, 0.717) is 11.2 Å². The molecule has 0 radical (unpaired) electrons. The Morgan fingerprint density at radius 3 is 2.56 bits per heavy atom. The van der Waals surface area contributed by atoms with Crippen molar-refractivity contribution >= 4 is 28.8 Å². The first-order chi connectivity index (χ1) is 15.8. The molecule has 1 aliphatic heterocycles. The molecular weight excluding hydrogens is 398 g/mol. The SMILES string of the molecule is N#Cc1c(C=Cc2ccc3c(c2)OCO3)cc(-c2ccccc2)n2c1nc1ccccc12. The largest absolute Gasteiger partial charge is 0.454 e. The molecule has 3 heterocycles. The summed E-state index contributed by atoms with van der Waals surface area (Å²) >= 11 is 0. The van der Waals surface area contributed by atoms with Crippen molar-refractivity contribution in [1.82, 2.24) is 9.38 Å². The molecule has 32 heavy (non-hydrogen) atoms. The van der Waals surface area contributed by atoms with Crippen LogP contribution in [0.2, 0.25) is 0 Å². The minimum Gasteiger partial charge on any atom is -0.454 e. The van der Waals surface area contributed by atoms with E-state index in [9.17, 15) is 5.26 Å². The molecule has 0 amide bonds. The molecule has 5 aromatic rings. The van der Waals surface area contributed by atoms with Gasteiger partial charge in [0.2, 0.25) is 6.79 Å². The van der Waals surface area contributed by atoms with E-state index in [0.717, 1.165) is 44.9 Å². The van der Waals surface area contributed by atoms with Crippen molar-refractivity contribution in [1.29, 1.82) is 5.26 Å². The Morgan fingerprint density at radius 1 is 0.875 bits per heavy atom. The number of para-hydroxylation sites is 2. The number of ether oxygens (including phenoxy) is 2. The summed E-state index contributed by atoms with van der Waals surface area (Å²) in [6.07, 6.45) is 3.94. The van der Waals surface area contributed by atoms with Gasteiger partial charge in [0.15, 0.2) is 17.1 Å². The summed E-state index contributed by atoms with van der Waals surface area (Å²) in [5.74, 6) is 1.48. The van der Waals surface area contributed by atoms with Gasteiger partial charge in [0.05, 0.1) is 16.7 Å². The van der Waals surface area contributed by atoms with Gasteiger partial charge in [-0.1, -0.05) is 60.7 Å². The number of aromatic nitrogens is 2. The van der Waals surface area contributed by atoms with E-state index in [2.05, 4.69) is 28.7 Å². The zero-order valence-corrected chi connectivity index (χ0v) is 17.0. The summed E-state index contributed by atoms with van der Waals surface area (Å²) in [5, 5.41) is 10.1. The minimum atomic E-state index is 0.242. The maximum atomic E-state index is 10.1. The van der Waals surface area contributed by atoms with E-state index >= 15 is 0 Å². The molecule has 5 heteroatoms. The first kappa shape index (κ1) is 18.2. The molecule has 0 bridgehead atoms. The highest BCUT2D eigenvalue weighted by atomic mass is 16.7. The lowest BCUT2D eigenvalue weighted by atomic mass is 10.0. The van der Waals surface area contributed by atoms with Gasteiger partial charge in [-0.2, -0.15) is 5.26 Å². The van der Waals surface area contributed by atoms with Crippen LogP contribution >= 0.6 is 0 Å². The second-order valence-electron chi connectivity index (χ2n) is 7.54. The van der Waals surface area contributed by atoms with Crippen molar-refractivity contribution in [3.63, 3.8) is 0 Å². The average molecular weight is 415 g/mol. The van der Waals surface area contributed by atoms with E-state index in [1.807, 2.05) is 72.8 Å². The molecule has 0 saturated heterocycles. The Hall–Kier alpha value is -4.56. The molecule has 0 atom stereocenters. The van der Waals surface area contributed by atoms with E-state index < -0.39 is 0 Å². The van der Waals surface area contributed by atoms with Gasteiger partial charge in [-0.25, -0.2) is 4.98 Å². The molecule has 5 nitrogen and oxygen atoms in total. The van der Waals surface area contributed by atoms with Gasteiger partial charge < -0.3 is 9.47 Å². The highest BCUT2D eigenvalue weighted by Gasteiger charge is 2.17. The third-order valence-corrected chi connectivity index (χ3v) is 5.64. The molecule has 1 aliphatic rings. The number of nitriles is 1. The summed E-state index contributed by atoms with van der Waals surface area (Å²) in [4.78, 5) is 4.81. The van der Waals surface area contributed by atoms with Gasteiger partial charge in [0.25, 0.3) is 0 Å². The van der Waals surface area contributed by atoms with E-state index in [1.165, 1.54) is 0 Å². The van der Waals surface area contributed by atoms with Gasteiger partial charge in [-0.05, 0) is 47.0 Å². The number of benzene rings is 3. The third-order valence-electron chi connectivity index (χ3n) is 5.64. The predicted molar refractivity (Wildman–Crippen MR) is 124 cm³/mol. The zero-order valence-electron chi connectivity index (χ0n) is 17.0. The maximum absolute atomic E-state index is 10.1. The molecule has 152 valence electrons. The number of pyridine rings is 1. The summed E-state index contributed by atoms with van der Waals surface area (Å²) in [7, 11) is 0. The van der Waals surface area contributed by atoms with E-state index in [-0.39, 0.29) is 6.79 Å². The van der Waals surface area contributed by atoms with Crippen LogP contribution < -0.4 is 9.47 Å². The van der Waals surface area contributed by atoms with Crippen molar-refractivity contribution in [3.05, 3.63) is 95.6 Å². The van der Waals surface area contributed by atoms with E-state index in [4.69, 9.17) is 14.5 Å². The van der Waals surface area contributed by atoms with Gasteiger partial charge in [0, 0.05) is 0 Å². The Balaban J connectivity index is 1.58. The predicted octanol–water partition coefficient (Wildman–Crippen LogP) is 5.93. The lowest BCUT2D eigenvalue weighted by Gasteiger charge is -2.11. The molecule has 0 aliphatic carbocycles. The molecule has 0 unspecified atom stereocenters. The molecule has 0 saturated carbocycles. The van der Waals surface area contributed by atoms with Crippen molar-refractivity contribution in [3.8, 4) is 28.8 Å².